The second-order valence-electron chi connectivity index (χ2n) is 7.10. The zero-order valence-corrected chi connectivity index (χ0v) is 18.0. The number of nitrogens with zero attached hydrogens (tertiary/aromatic N) is 2. The predicted octanol–water partition coefficient (Wildman–Crippen LogP) is 5.30. The third-order valence-electron chi connectivity index (χ3n) is 4.91. The zero-order chi connectivity index (χ0) is 22.7. The Kier molecular flexibility index (Phi) is 6.28. The van der Waals surface area contributed by atoms with Crippen LogP contribution in [0.5, 0.6) is 0 Å². The Hall–Kier alpha value is -3.82. The second-order valence-corrected chi connectivity index (χ2v) is 7.54. The number of carboxylic acids is 1. The molecule has 6 nitrogen and oxygen atoms in total. The molecule has 31 heavy (non-hydrogen) atoms. The molecule has 7 heteroatoms. The SMILES string of the molecule is Cc1ccc(Cl)cc1-n1c(C)cc(/C=C(/C#N)C(=O)Nc2cccc(C(=O)O)c2)c1C. The summed E-state index contributed by atoms with van der Waals surface area (Å²) in [7, 11) is 0. The van der Waals surface area contributed by atoms with Crippen LogP contribution in [0.2, 0.25) is 5.02 Å². The summed E-state index contributed by atoms with van der Waals surface area (Å²) in [6, 6.07) is 15.3. The molecule has 0 bridgehead atoms. The maximum atomic E-state index is 12.6. The van der Waals surface area contributed by atoms with Crippen LogP contribution in [0.25, 0.3) is 11.8 Å². The Labute approximate surface area is 185 Å². The van der Waals surface area contributed by atoms with Crippen molar-refractivity contribution in [2.24, 2.45) is 0 Å². The Morgan fingerprint density at radius 1 is 1.13 bits per heavy atom. The molecule has 3 aromatic rings. The van der Waals surface area contributed by atoms with Gasteiger partial charge in [0.15, 0.2) is 0 Å². The van der Waals surface area contributed by atoms with Crippen molar-refractivity contribution >= 4 is 35.2 Å². The van der Waals surface area contributed by atoms with E-state index in [2.05, 4.69) is 5.32 Å². The summed E-state index contributed by atoms with van der Waals surface area (Å²) in [5, 5.41) is 21.8. The third-order valence-corrected chi connectivity index (χ3v) is 5.15. The molecule has 0 saturated carbocycles. The van der Waals surface area contributed by atoms with E-state index in [0.717, 1.165) is 28.2 Å². The fourth-order valence-electron chi connectivity index (χ4n) is 3.36. The van der Waals surface area contributed by atoms with Gasteiger partial charge in [0.05, 0.1) is 5.56 Å². The smallest absolute Gasteiger partial charge is 0.335 e. The molecular weight excluding hydrogens is 414 g/mol. The zero-order valence-electron chi connectivity index (χ0n) is 17.2. The molecule has 156 valence electrons. The van der Waals surface area contributed by atoms with Crippen LogP contribution in [0.15, 0.2) is 54.1 Å². The van der Waals surface area contributed by atoms with Gasteiger partial charge in [0.25, 0.3) is 5.91 Å². The first kappa shape index (κ1) is 21.9. The fraction of sp³-hybridized carbons (Fsp3) is 0.125. The summed E-state index contributed by atoms with van der Waals surface area (Å²) in [5.74, 6) is -1.72. The van der Waals surface area contributed by atoms with Crippen LogP contribution in [0, 0.1) is 32.1 Å². The standard InChI is InChI=1S/C24H20ClN3O3/c1-14-7-8-20(25)12-22(14)28-15(2)9-18(16(28)3)10-19(13-26)23(29)27-21-6-4-5-17(11-21)24(30)31/h4-12H,1-3H3,(H,27,29)(H,30,31)/b19-10-. The minimum atomic E-state index is -1.10. The molecule has 0 saturated heterocycles. The van der Waals surface area contributed by atoms with Gasteiger partial charge in [-0.1, -0.05) is 23.7 Å². The molecule has 1 amide bonds. The molecule has 1 aromatic heterocycles. The molecule has 0 spiro atoms. The van der Waals surface area contributed by atoms with Gasteiger partial charge in [-0.25, -0.2) is 4.79 Å². The largest absolute Gasteiger partial charge is 0.478 e. The number of carbonyl (C=O) groups excluding carboxylic acids is 1. The average Bonchev–Trinajstić information content (AvgIpc) is 3.01. The third kappa shape index (κ3) is 4.68. The number of nitrogens with one attached hydrogen (secondary N) is 1. The van der Waals surface area contributed by atoms with Gasteiger partial charge < -0.3 is 15.0 Å². The second kappa shape index (κ2) is 8.90. The molecule has 0 unspecified atom stereocenters. The molecule has 2 aromatic carbocycles. The lowest BCUT2D eigenvalue weighted by atomic mass is 10.1. The summed E-state index contributed by atoms with van der Waals surface area (Å²) in [6.45, 7) is 5.83. The van der Waals surface area contributed by atoms with Crippen molar-refractivity contribution in [2.75, 3.05) is 5.32 Å². The van der Waals surface area contributed by atoms with Gasteiger partial charge in [0.2, 0.25) is 0 Å². The van der Waals surface area contributed by atoms with E-state index in [4.69, 9.17) is 16.7 Å². The number of rotatable bonds is 5. The van der Waals surface area contributed by atoms with Crippen molar-refractivity contribution < 1.29 is 14.7 Å². The number of anilines is 1. The lowest BCUT2D eigenvalue weighted by Gasteiger charge is -2.13. The molecule has 2 N–H and O–H groups in total. The van der Waals surface area contributed by atoms with Crippen LogP contribution in [0.1, 0.15) is 32.9 Å². The van der Waals surface area contributed by atoms with Gasteiger partial charge >= 0.3 is 5.97 Å². The molecule has 0 aliphatic carbocycles. The van der Waals surface area contributed by atoms with Crippen LogP contribution in [-0.4, -0.2) is 21.6 Å². The highest BCUT2D eigenvalue weighted by Crippen LogP contribution is 2.27. The van der Waals surface area contributed by atoms with Gasteiger partial charge in [-0.05, 0) is 74.4 Å². The van der Waals surface area contributed by atoms with Gasteiger partial charge in [-0.3, -0.25) is 4.79 Å². The van der Waals surface area contributed by atoms with Gasteiger partial charge in [0, 0.05) is 27.8 Å². The van der Waals surface area contributed by atoms with E-state index in [1.807, 2.05) is 55.7 Å². The van der Waals surface area contributed by atoms with E-state index in [1.54, 1.807) is 6.07 Å². The number of hydrogen-bond acceptors (Lipinski definition) is 3. The number of carbonyl (C=O) groups is 2. The van der Waals surface area contributed by atoms with Crippen molar-refractivity contribution in [3.05, 3.63) is 87.2 Å². The van der Waals surface area contributed by atoms with Crippen LogP contribution >= 0.6 is 11.6 Å². The molecule has 3 rings (SSSR count). The number of carboxylic acid groups (broad SMARTS) is 1. The fourth-order valence-corrected chi connectivity index (χ4v) is 3.53. The first-order chi connectivity index (χ1) is 14.7. The van der Waals surface area contributed by atoms with Crippen LogP contribution in [0.4, 0.5) is 5.69 Å². The quantitative estimate of drug-likeness (QED) is 0.421. The van der Waals surface area contributed by atoms with Crippen LogP contribution in [0.3, 0.4) is 0 Å². The Morgan fingerprint density at radius 2 is 1.87 bits per heavy atom. The minimum absolute atomic E-state index is 0.0423. The van der Waals surface area contributed by atoms with Crippen molar-refractivity contribution in [3.8, 4) is 11.8 Å². The van der Waals surface area contributed by atoms with E-state index in [1.165, 1.54) is 24.3 Å². The predicted molar refractivity (Wildman–Crippen MR) is 121 cm³/mol. The topological polar surface area (TPSA) is 95.1 Å². The number of aromatic carboxylic acids is 1. The lowest BCUT2D eigenvalue weighted by Crippen LogP contribution is -2.14. The van der Waals surface area contributed by atoms with Crippen molar-refractivity contribution in [1.29, 1.82) is 5.26 Å². The molecular formula is C24H20ClN3O3. The summed E-state index contributed by atoms with van der Waals surface area (Å²) in [4.78, 5) is 23.7. The highest BCUT2D eigenvalue weighted by Gasteiger charge is 2.15. The molecule has 0 aliphatic rings. The Morgan fingerprint density at radius 3 is 2.55 bits per heavy atom. The average molecular weight is 434 g/mol. The van der Waals surface area contributed by atoms with E-state index < -0.39 is 11.9 Å². The summed E-state index contributed by atoms with van der Waals surface area (Å²) >= 11 is 6.18. The number of benzene rings is 2. The van der Waals surface area contributed by atoms with E-state index in [-0.39, 0.29) is 11.1 Å². The first-order valence-corrected chi connectivity index (χ1v) is 9.81. The number of nitriles is 1. The normalized spacial score (nSPS) is 11.1. The van der Waals surface area contributed by atoms with E-state index in [9.17, 15) is 14.9 Å². The van der Waals surface area contributed by atoms with Crippen molar-refractivity contribution in [1.82, 2.24) is 4.57 Å². The molecule has 0 atom stereocenters. The Bertz CT molecular complexity index is 1270. The van der Waals surface area contributed by atoms with Crippen LogP contribution in [-0.2, 0) is 4.79 Å². The maximum absolute atomic E-state index is 12.6. The van der Waals surface area contributed by atoms with E-state index >= 15 is 0 Å². The van der Waals surface area contributed by atoms with Crippen molar-refractivity contribution in [2.45, 2.75) is 20.8 Å². The first-order valence-electron chi connectivity index (χ1n) is 9.43. The van der Waals surface area contributed by atoms with Crippen molar-refractivity contribution in [3.63, 3.8) is 0 Å². The highest BCUT2D eigenvalue weighted by molar-refractivity contribution is 6.30. The number of halogens is 1. The van der Waals surface area contributed by atoms with Gasteiger partial charge in [-0.2, -0.15) is 5.26 Å². The Balaban J connectivity index is 1.95. The van der Waals surface area contributed by atoms with Gasteiger partial charge in [-0.15, -0.1) is 0 Å². The minimum Gasteiger partial charge on any atom is -0.478 e. The number of hydrogen-bond donors (Lipinski definition) is 2. The maximum Gasteiger partial charge on any atom is 0.335 e. The molecule has 0 fully saturated rings. The summed E-state index contributed by atoms with van der Waals surface area (Å²) < 4.78 is 2.02. The van der Waals surface area contributed by atoms with Gasteiger partial charge in [0.1, 0.15) is 11.6 Å². The molecule has 0 radical (unpaired) electrons. The van der Waals surface area contributed by atoms with Crippen LogP contribution < -0.4 is 5.32 Å². The monoisotopic (exact) mass is 433 g/mol. The highest BCUT2D eigenvalue weighted by atomic mass is 35.5. The number of aromatic nitrogens is 1. The number of aryl methyl sites for hydroxylation is 2. The lowest BCUT2D eigenvalue weighted by molar-refractivity contribution is -0.112. The number of amides is 1. The van der Waals surface area contributed by atoms with E-state index in [0.29, 0.717) is 10.7 Å². The molecule has 0 aliphatic heterocycles. The summed E-state index contributed by atoms with van der Waals surface area (Å²) in [5.41, 5.74) is 4.73. The summed E-state index contributed by atoms with van der Waals surface area (Å²) in [6.07, 6.45) is 1.52. The molecule has 1 heterocycles.